The van der Waals surface area contributed by atoms with Crippen molar-refractivity contribution in [1.82, 2.24) is 5.32 Å². The molecule has 0 aromatic rings. The monoisotopic (exact) mass is 443 g/mol. The summed E-state index contributed by atoms with van der Waals surface area (Å²) in [5.74, 6) is 1.86. The van der Waals surface area contributed by atoms with E-state index >= 15 is 0 Å². The van der Waals surface area contributed by atoms with Gasteiger partial charge in [0, 0.05) is 36.2 Å². The van der Waals surface area contributed by atoms with Crippen LogP contribution in [0, 0.1) is 0 Å². The molecular weight excluding hydrogens is 406 g/mol. The summed E-state index contributed by atoms with van der Waals surface area (Å²) < 4.78 is 0. The van der Waals surface area contributed by atoms with Crippen LogP contribution in [-0.4, -0.2) is 51.3 Å². The first-order chi connectivity index (χ1) is 13.8. The Labute approximate surface area is 184 Å². The van der Waals surface area contributed by atoms with Gasteiger partial charge < -0.3 is 14.9 Å². The van der Waals surface area contributed by atoms with Gasteiger partial charge in [0.2, 0.25) is 5.91 Å². The van der Waals surface area contributed by atoms with E-state index in [1.54, 1.807) is 0 Å². The number of rotatable bonds is 17. The molecule has 1 fully saturated rings. The summed E-state index contributed by atoms with van der Waals surface area (Å²) in [6, 6.07) is -0.621. The van der Waals surface area contributed by atoms with E-state index in [1.807, 2.05) is 11.8 Å². The highest BCUT2D eigenvalue weighted by Gasteiger charge is 2.31. The van der Waals surface area contributed by atoms with E-state index < -0.39 is 6.04 Å². The molecule has 1 rings (SSSR count). The van der Waals surface area contributed by atoms with Gasteiger partial charge in [-0.3, -0.25) is 9.59 Å². The first-order valence-corrected chi connectivity index (χ1v) is 13.0. The lowest BCUT2D eigenvalue weighted by molar-refractivity contribution is -0.129. The minimum Gasteiger partial charge on any atom is -0.346 e. The second-order valence-electron chi connectivity index (χ2n) is 7.88. The first-order valence-electron chi connectivity index (χ1n) is 10.9. The number of thioether (sulfide) groups is 2. The molecule has 0 aromatic heterocycles. The van der Waals surface area contributed by atoms with Gasteiger partial charge in [0.1, 0.15) is 11.6 Å². The Morgan fingerprint density at radius 2 is 1.45 bits per heavy atom. The van der Waals surface area contributed by atoms with Crippen LogP contribution in [0.15, 0.2) is 0 Å². The van der Waals surface area contributed by atoms with Crippen LogP contribution in [-0.2, 0) is 19.2 Å². The van der Waals surface area contributed by atoms with Gasteiger partial charge in [0.05, 0.1) is 6.04 Å². The number of hydrogen-bond acceptors (Lipinski definition) is 6. The Morgan fingerprint density at radius 1 is 0.862 bits per heavy atom. The number of nitrogens with one attached hydrogen (secondary N) is 1. The molecule has 3 atom stereocenters. The zero-order chi connectivity index (χ0) is 21.6. The maximum absolute atomic E-state index is 12.6. The smallest absolute Gasteiger partial charge is 0.221 e. The average Bonchev–Trinajstić information content (AvgIpc) is 2.65. The van der Waals surface area contributed by atoms with Crippen LogP contribution in [0.2, 0.25) is 0 Å². The predicted molar refractivity (Wildman–Crippen MR) is 123 cm³/mol. The summed E-state index contributed by atoms with van der Waals surface area (Å²) in [5, 5.41) is 4.22. The van der Waals surface area contributed by atoms with Gasteiger partial charge in [-0.2, -0.15) is 23.5 Å². The molecule has 1 aliphatic rings. The number of ketones is 3. The Balaban J connectivity index is 2.34. The average molecular weight is 444 g/mol. The Morgan fingerprint density at radius 3 is 1.97 bits per heavy atom. The molecule has 0 saturated heterocycles. The Kier molecular flexibility index (Phi) is 13.6. The second-order valence-corrected chi connectivity index (χ2v) is 10.6. The van der Waals surface area contributed by atoms with Crippen molar-refractivity contribution in [3.8, 4) is 0 Å². The summed E-state index contributed by atoms with van der Waals surface area (Å²) in [4.78, 5) is 46.9. The first kappa shape index (κ1) is 26.2. The molecule has 29 heavy (non-hydrogen) atoms. The molecule has 5 nitrogen and oxygen atoms in total. The van der Waals surface area contributed by atoms with Crippen LogP contribution in [0.4, 0.5) is 0 Å². The largest absolute Gasteiger partial charge is 0.346 e. The molecule has 166 valence electrons. The van der Waals surface area contributed by atoms with Crippen LogP contribution in [0.25, 0.3) is 0 Å². The number of carbonyl (C=O) groups excluding carboxylic acids is 4. The highest BCUT2D eigenvalue weighted by atomic mass is 32.2. The van der Waals surface area contributed by atoms with Crippen molar-refractivity contribution < 1.29 is 19.2 Å². The molecule has 1 N–H and O–H groups in total. The van der Waals surface area contributed by atoms with Gasteiger partial charge in [-0.1, -0.05) is 13.3 Å². The van der Waals surface area contributed by atoms with Crippen LogP contribution in [0.5, 0.6) is 0 Å². The molecule has 0 radical (unpaired) electrons. The normalized spacial score (nSPS) is 19.3. The zero-order valence-electron chi connectivity index (χ0n) is 18.2. The molecule has 7 heteroatoms. The van der Waals surface area contributed by atoms with E-state index in [1.165, 1.54) is 45.3 Å². The highest BCUT2D eigenvalue weighted by molar-refractivity contribution is 8.03. The highest BCUT2D eigenvalue weighted by Crippen LogP contribution is 2.40. The zero-order valence-corrected chi connectivity index (χ0v) is 19.8. The quantitative estimate of drug-likeness (QED) is 0.337. The van der Waals surface area contributed by atoms with Crippen molar-refractivity contribution >= 4 is 46.8 Å². The van der Waals surface area contributed by atoms with Crippen molar-refractivity contribution in [3.05, 3.63) is 0 Å². The minimum absolute atomic E-state index is 0.00735. The lowest BCUT2D eigenvalue weighted by atomic mass is 9.99. The maximum atomic E-state index is 12.6. The number of Topliss-reactive ketones (excluding diaryl/α,β-unsaturated/α-hetero) is 3. The minimum atomic E-state index is -0.621. The fourth-order valence-electron chi connectivity index (χ4n) is 3.07. The molecule has 0 spiro atoms. The van der Waals surface area contributed by atoms with Crippen molar-refractivity contribution in [2.45, 2.75) is 102 Å². The molecule has 0 heterocycles. The van der Waals surface area contributed by atoms with Gasteiger partial charge in [0.15, 0.2) is 5.78 Å². The standard InChI is InChI=1S/C22H37NO4S2/c1-4-5-14-28-20-11-12-21(20)29-15-6-7-19(26)18(10-8-16(2)24)23-22(27)13-9-17(3)25/h18,20-21H,4-15H2,1-3H3,(H,23,27)/t18-,20?,21?/m1/s1. The lowest BCUT2D eigenvalue weighted by Crippen LogP contribution is -2.41. The van der Waals surface area contributed by atoms with Gasteiger partial charge in [0.25, 0.3) is 0 Å². The van der Waals surface area contributed by atoms with E-state index in [4.69, 9.17) is 0 Å². The third kappa shape index (κ3) is 11.8. The van der Waals surface area contributed by atoms with Gasteiger partial charge >= 0.3 is 0 Å². The fraction of sp³-hybridized carbons (Fsp3) is 0.818. The van der Waals surface area contributed by atoms with E-state index in [0.717, 1.165) is 17.4 Å². The van der Waals surface area contributed by atoms with Crippen molar-refractivity contribution in [1.29, 1.82) is 0 Å². The van der Waals surface area contributed by atoms with Crippen LogP contribution < -0.4 is 5.32 Å². The number of hydrogen-bond donors (Lipinski definition) is 1. The SMILES string of the molecule is CCCCSC1CCC1SCCCC(=O)[C@@H](CCC(C)=O)NC(=O)CCC(C)=O. The van der Waals surface area contributed by atoms with Crippen LogP contribution >= 0.6 is 23.5 Å². The van der Waals surface area contributed by atoms with E-state index in [0.29, 0.717) is 18.1 Å². The van der Waals surface area contributed by atoms with Gasteiger partial charge in [-0.25, -0.2) is 0 Å². The molecule has 1 saturated carbocycles. The summed E-state index contributed by atoms with van der Waals surface area (Å²) in [6.45, 7) is 5.15. The fourth-order valence-corrected chi connectivity index (χ4v) is 6.22. The molecule has 2 unspecified atom stereocenters. The predicted octanol–water partition coefficient (Wildman–Crippen LogP) is 4.36. The second kappa shape index (κ2) is 15.1. The Hall–Kier alpha value is -0.820. The number of carbonyl (C=O) groups is 4. The van der Waals surface area contributed by atoms with E-state index in [9.17, 15) is 19.2 Å². The van der Waals surface area contributed by atoms with Crippen LogP contribution in [0.1, 0.15) is 85.0 Å². The third-order valence-electron chi connectivity index (χ3n) is 5.09. The van der Waals surface area contributed by atoms with Gasteiger partial charge in [-0.05, 0) is 57.5 Å². The molecule has 1 aliphatic carbocycles. The molecule has 1 amide bonds. The topological polar surface area (TPSA) is 80.3 Å². The van der Waals surface area contributed by atoms with E-state index in [-0.39, 0.29) is 42.5 Å². The molecular formula is C22H37NO4S2. The van der Waals surface area contributed by atoms with Gasteiger partial charge in [-0.15, -0.1) is 0 Å². The molecule has 0 bridgehead atoms. The van der Waals surface area contributed by atoms with Crippen molar-refractivity contribution in [2.75, 3.05) is 11.5 Å². The Bertz CT molecular complexity index is 553. The summed E-state index contributed by atoms with van der Waals surface area (Å²) in [6.07, 6.45) is 7.21. The third-order valence-corrected chi connectivity index (χ3v) is 8.30. The molecule has 0 aromatic carbocycles. The summed E-state index contributed by atoms with van der Waals surface area (Å²) in [7, 11) is 0. The van der Waals surface area contributed by atoms with Crippen molar-refractivity contribution in [3.63, 3.8) is 0 Å². The maximum Gasteiger partial charge on any atom is 0.221 e. The van der Waals surface area contributed by atoms with Crippen molar-refractivity contribution in [2.24, 2.45) is 0 Å². The molecule has 0 aliphatic heterocycles. The lowest BCUT2D eigenvalue weighted by Gasteiger charge is -2.35. The number of unbranched alkanes of at least 4 members (excludes halogenated alkanes) is 1. The van der Waals surface area contributed by atoms with E-state index in [2.05, 4.69) is 24.0 Å². The summed E-state index contributed by atoms with van der Waals surface area (Å²) >= 11 is 4.07. The van der Waals surface area contributed by atoms with Crippen LogP contribution in [0.3, 0.4) is 0 Å². The summed E-state index contributed by atoms with van der Waals surface area (Å²) in [5.41, 5.74) is 0. The number of amides is 1.